The van der Waals surface area contributed by atoms with Crippen LogP contribution in [0.2, 0.25) is 5.02 Å². The topological polar surface area (TPSA) is 77.8 Å². The quantitative estimate of drug-likeness (QED) is 0.750. The molecule has 3 N–H and O–H groups in total. The molecule has 0 spiro atoms. The average molecular weight is 245 g/mol. The molecule has 0 fully saturated rings. The van der Waals surface area contributed by atoms with Gasteiger partial charge in [-0.05, 0) is 24.1 Å². The smallest absolute Gasteiger partial charge is 0.306 e. The fourth-order valence-electron chi connectivity index (χ4n) is 1.36. The molecule has 1 aromatic rings. The highest BCUT2D eigenvalue weighted by atomic mass is 35.5. The Labute approximate surface area is 98.1 Å². The number of aliphatic hydroxyl groups is 2. The molecule has 0 aromatic heterocycles. The molecule has 2 unspecified atom stereocenters. The highest BCUT2D eigenvalue weighted by molar-refractivity contribution is 6.31. The second-order valence-electron chi connectivity index (χ2n) is 3.62. The van der Waals surface area contributed by atoms with Crippen molar-refractivity contribution in [2.45, 2.75) is 25.6 Å². The molecule has 88 valence electrons. The van der Waals surface area contributed by atoms with Gasteiger partial charge in [0.05, 0.1) is 12.5 Å². The van der Waals surface area contributed by atoms with Gasteiger partial charge in [0.2, 0.25) is 0 Å². The Morgan fingerprint density at radius 2 is 2.06 bits per heavy atom. The molecule has 0 aliphatic heterocycles. The van der Waals surface area contributed by atoms with Gasteiger partial charge in [0.25, 0.3) is 0 Å². The molecule has 1 aromatic carbocycles. The summed E-state index contributed by atoms with van der Waals surface area (Å²) in [5.74, 6) is -1.16. The van der Waals surface area contributed by atoms with E-state index in [1.54, 1.807) is 25.1 Å². The predicted molar refractivity (Wildman–Crippen MR) is 59.4 cm³/mol. The SMILES string of the molecule is Cc1cc(C(O)C(O)CC(=O)O)ccc1Cl. The summed E-state index contributed by atoms with van der Waals surface area (Å²) in [7, 11) is 0. The van der Waals surface area contributed by atoms with Crippen molar-refractivity contribution < 1.29 is 20.1 Å². The van der Waals surface area contributed by atoms with Gasteiger partial charge >= 0.3 is 5.97 Å². The summed E-state index contributed by atoms with van der Waals surface area (Å²) in [6.07, 6.45) is -3.03. The maximum Gasteiger partial charge on any atom is 0.306 e. The molecule has 0 aliphatic carbocycles. The molecule has 16 heavy (non-hydrogen) atoms. The van der Waals surface area contributed by atoms with Gasteiger partial charge < -0.3 is 15.3 Å². The molecule has 5 heteroatoms. The molecule has 0 saturated heterocycles. The molecule has 2 atom stereocenters. The first-order chi connectivity index (χ1) is 7.41. The third-order valence-electron chi connectivity index (χ3n) is 2.27. The predicted octanol–water partition coefficient (Wildman–Crippen LogP) is 1.52. The summed E-state index contributed by atoms with van der Waals surface area (Å²) in [5, 5.41) is 28.2. The Balaban J connectivity index is 2.83. The maximum atomic E-state index is 10.4. The van der Waals surface area contributed by atoms with E-state index in [1.807, 2.05) is 0 Å². The maximum absolute atomic E-state index is 10.4. The number of aliphatic hydroxyl groups excluding tert-OH is 2. The van der Waals surface area contributed by atoms with E-state index in [1.165, 1.54) is 0 Å². The lowest BCUT2D eigenvalue weighted by Gasteiger charge is -2.17. The van der Waals surface area contributed by atoms with Crippen LogP contribution in [0, 0.1) is 6.92 Å². The Bertz CT molecular complexity index is 392. The van der Waals surface area contributed by atoms with Crippen molar-refractivity contribution in [1.29, 1.82) is 0 Å². The molecule has 0 radical (unpaired) electrons. The third kappa shape index (κ3) is 3.20. The molecule has 0 aliphatic rings. The lowest BCUT2D eigenvalue weighted by atomic mass is 10.0. The number of halogens is 1. The number of hydrogen-bond acceptors (Lipinski definition) is 3. The number of rotatable bonds is 4. The zero-order chi connectivity index (χ0) is 12.3. The summed E-state index contributed by atoms with van der Waals surface area (Å²) in [4.78, 5) is 10.4. The fourth-order valence-corrected chi connectivity index (χ4v) is 1.48. The zero-order valence-corrected chi connectivity index (χ0v) is 9.48. The van der Waals surface area contributed by atoms with Gasteiger partial charge in [-0.15, -0.1) is 0 Å². The van der Waals surface area contributed by atoms with Gasteiger partial charge in [0.15, 0.2) is 0 Å². The monoisotopic (exact) mass is 244 g/mol. The van der Waals surface area contributed by atoms with Gasteiger partial charge in [0, 0.05) is 5.02 Å². The fraction of sp³-hybridized carbons (Fsp3) is 0.364. The van der Waals surface area contributed by atoms with Gasteiger partial charge in [0.1, 0.15) is 6.10 Å². The highest BCUT2D eigenvalue weighted by Gasteiger charge is 2.21. The van der Waals surface area contributed by atoms with E-state index in [0.29, 0.717) is 10.6 Å². The van der Waals surface area contributed by atoms with Crippen LogP contribution in [0.1, 0.15) is 23.7 Å². The first-order valence-corrected chi connectivity index (χ1v) is 5.13. The number of aryl methyl sites for hydroxylation is 1. The van der Waals surface area contributed by atoms with Crippen LogP contribution in [0.5, 0.6) is 0 Å². The first kappa shape index (κ1) is 13.0. The third-order valence-corrected chi connectivity index (χ3v) is 2.70. The summed E-state index contributed by atoms with van der Waals surface area (Å²) >= 11 is 5.81. The molecule has 0 heterocycles. The summed E-state index contributed by atoms with van der Waals surface area (Å²) in [6.45, 7) is 1.77. The standard InChI is InChI=1S/C11H13ClO4/c1-6-4-7(2-3-8(6)12)11(16)9(13)5-10(14)15/h2-4,9,11,13,16H,5H2,1H3,(H,14,15). The second kappa shape index (κ2) is 5.30. The largest absolute Gasteiger partial charge is 0.481 e. The zero-order valence-electron chi connectivity index (χ0n) is 8.72. The van der Waals surface area contributed by atoms with Crippen molar-refractivity contribution >= 4 is 17.6 Å². The lowest BCUT2D eigenvalue weighted by molar-refractivity contribution is -0.141. The molecule has 0 amide bonds. The van der Waals surface area contributed by atoms with Gasteiger partial charge in [-0.3, -0.25) is 4.79 Å². The number of carboxylic acid groups (broad SMARTS) is 1. The van der Waals surface area contributed by atoms with Gasteiger partial charge in [-0.25, -0.2) is 0 Å². The molecular formula is C11H13ClO4. The van der Waals surface area contributed by atoms with E-state index < -0.39 is 24.6 Å². The highest BCUT2D eigenvalue weighted by Crippen LogP contribution is 2.23. The van der Waals surface area contributed by atoms with E-state index in [2.05, 4.69) is 0 Å². The summed E-state index contributed by atoms with van der Waals surface area (Å²) in [5.41, 5.74) is 1.22. The van der Waals surface area contributed by atoms with Gasteiger partial charge in [-0.2, -0.15) is 0 Å². The van der Waals surface area contributed by atoms with Crippen molar-refractivity contribution in [1.82, 2.24) is 0 Å². The van der Waals surface area contributed by atoms with Crippen LogP contribution in [0.15, 0.2) is 18.2 Å². The Hall–Kier alpha value is -1.10. The van der Waals surface area contributed by atoms with Gasteiger partial charge in [-0.1, -0.05) is 23.7 Å². The van der Waals surface area contributed by atoms with Crippen LogP contribution >= 0.6 is 11.6 Å². The van der Waals surface area contributed by atoms with E-state index >= 15 is 0 Å². The van der Waals surface area contributed by atoms with E-state index in [0.717, 1.165) is 5.56 Å². The molecular weight excluding hydrogens is 232 g/mol. The van der Waals surface area contributed by atoms with Crippen LogP contribution in [0.4, 0.5) is 0 Å². The number of aliphatic carboxylic acids is 1. The van der Waals surface area contributed by atoms with E-state index in [4.69, 9.17) is 16.7 Å². The number of carboxylic acids is 1. The number of carbonyl (C=O) groups is 1. The van der Waals surface area contributed by atoms with Crippen LogP contribution in [-0.4, -0.2) is 27.4 Å². The van der Waals surface area contributed by atoms with E-state index in [-0.39, 0.29) is 0 Å². The van der Waals surface area contributed by atoms with Crippen LogP contribution in [0.3, 0.4) is 0 Å². The Kier molecular flexibility index (Phi) is 4.29. The minimum atomic E-state index is -1.32. The average Bonchev–Trinajstić information content (AvgIpc) is 2.20. The second-order valence-corrected chi connectivity index (χ2v) is 4.03. The van der Waals surface area contributed by atoms with Crippen molar-refractivity contribution in [3.8, 4) is 0 Å². The summed E-state index contributed by atoms with van der Waals surface area (Å²) < 4.78 is 0. The first-order valence-electron chi connectivity index (χ1n) is 4.75. The number of hydrogen-bond donors (Lipinski definition) is 3. The normalized spacial score (nSPS) is 14.5. The van der Waals surface area contributed by atoms with Crippen molar-refractivity contribution in [2.75, 3.05) is 0 Å². The Morgan fingerprint density at radius 3 is 2.56 bits per heavy atom. The molecule has 1 rings (SSSR count). The lowest BCUT2D eigenvalue weighted by Crippen LogP contribution is -2.21. The minimum absolute atomic E-state index is 0.454. The molecule has 4 nitrogen and oxygen atoms in total. The van der Waals surface area contributed by atoms with Crippen LogP contribution in [0.25, 0.3) is 0 Å². The van der Waals surface area contributed by atoms with Crippen molar-refractivity contribution in [2.24, 2.45) is 0 Å². The van der Waals surface area contributed by atoms with Crippen molar-refractivity contribution in [3.63, 3.8) is 0 Å². The molecule has 0 saturated carbocycles. The minimum Gasteiger partial charge on any atom is -0.481 e. The van der Waals surface area contributed by atoms with E-state index in [9.17, 15) is 15.0 Å². The van der Waals surface area contributed by atoms with Crippen molar-refractivity contribution in [3.05, 3.63) is 34.3 Å². The van der Waals surface area contributed by atoms with Crippen LogP contribution < -0.4 is 0 Å². The van der Waals surface area contributed by atoms with Crippen LogP contribution in [-0.2, 0) is 4.79 Å². The summed E-state index contributed by atoms with van der Waals surface area (Å²) in [6, 6.07) is 4.78. The number of benzene rings is 1. The Morgan fingerprint density at radius 1 is 1.44 bits per heavy atom. The molecule has 0 bridgehead atoms.